The number of nitrogens with zero attached hydrogens (tertiary/aromatic N) is 1. The molecule has 0 atom stereocenters. The van der Waals surface area contributed by atoms with Gasteiger partial charge in [-0.1, -0.05) is 5.92 Å². The van der Waals surface area contributed by atoms with Crippen LogP contribution in [0.3, 0.4) is 0 Å². The number of esters is 1. The largest absolute Gasteiger partial charge is 0.461 e. The topological polar surface area (TPSA) is 29.5 Å². The van der Waals surface area contributed by atoms with E-state index in [2.05, 4.69) is 5.92 Å². The van der Waals surface area contributed by atoms with Gasteiger partial charge in [-0.05, 0) is 38.4 Å². The van der Waals surface area contributed by atoms with E-state index in [-0.39, 0.29) is 18.4 Å². The summed E-state index contributed by atoms with van der Waals surface area (Å²) < 4.78 is 5.08. The van der Waals surface area contributed by atoms with Crippen LogP contribution >= 0.6 is 12.4 Å². The van der Waals surface area contributed by atoms with Crippen molar-refractivity contribution in [1.29, 1.82) is 0 Å². The summed E-state index contributed by atoms with van der Waals surface area (Å²) in [7, 11) is 3.85. The van der Waals surface area contributed by atoms with Gasteiger partial charge in [0, 0.05) is 12.1 Å². The smallest absolute Gasteiger partial charge is 0.338 e. The maximum atomic E-state index is 11.5. The molecule has 1 aromatic carbocycles. The first-order valence-electron chi connectivity index (χ1n) is 5.02. The molecule has 0 amide bonds. The average molecular weight is 254 g/mol. The fraction of sp³-hybridized carbons (Fsp3) is 0.308. The Kier molecular flexibility index (Phi) is 7.04. The van der Waals surface area contributed by atoms with Crippen LogP contribution in [0.1, 0.15) is 15.9 Å². The SMILES string of the molecule is C#Cc1ccc(C(=O)OCCN(C)C)cc1.Cl. The summed E-state index contributed by atoms with van der Waals surface area (Å²) in [5.74, 6) is 2.18. The van der Waals surface area contributed by atoms with Gasteiger partial charge in [0.15, 0.2) is 0 Å². The first-order chi connectivity index (χ1) is 7.63. The van der Waals surface area contributed by atoms with Gasteiger partial charge in [-0.15, -0.1) is 18.8 Å². The Balaban J connectivity index is 0.00000256. The summed E-state index contributed by atoms with van der Waals surface area (Å²) in [6, 6.07) is 6.80. The second kappa shape index (κ2) is 7.72. The monoisotopic (exact) mass is 253 g/mol. The molecule has 92 valence electrons. The zero-order valence-electron chi connectivity index (χ0n) is 9.97. The number of likely N-dealkylation sites (N-methyl/N-ethyl adjacent to an activating group) is 1. The average Bonchev–Trinajstić information content (AvgIpc) is 2.28. The Morgan fingerprint density at radius 2 is 1.94 bits per heavy atom. The van der Waals surface area contributed by atoms with Crippen molar-refractivity contribution in [1.82, 2.24) is 4.90 Å². The van der Waals surface area contributed by atoms with E-state index in [0.717, 1.165) is 5.56 Å². The molecule has 1 aromatic rings. The molecule has 17 heavy (non-hydrogen) atoms. The molecule has 0 aliphatic carbocycles. The van der Waals surface area contributed by atoms with Crippen LogP contribution < -0.4 is 0 Å². The van der Waals surface area contributed by atoms with E-state index in [0.29, 0.717) is 18.7 Å². The van der Waals surface area contributed by atoms with E-state index in [1.807, 2.05) is 19.0 Å². The molecule has 0 radical (unpaired) electrons. The van der Waals surface area contributed by atoms with Crippen LogP contribution in [0.25, 0.3) is 0 Å². The second-order valence-corrected chi connectivity index (χ2v) is 3.66. The van der Waals surface area contributed by atoms with Crippen molar-refractivity contribution in [2.24, 2.45) is 0 Å². The predicted molar refractivity (Wildman–Crippen MR) is 70.5 cm³/mol. The molecule has 0 fully saturated rings. The number of terminal acetylenes is 1. The summed E-state index contributed by atoms with van der Waals surface area (Å²) >= 11 is 0. The zero-order valence-corrected chi connectivity index (χ0v) is 10.8. The number of carbonyl (C=O) groups is 1. The molecule has 0 bridgehead atoms. The molecule has 1 rings (SSSR count). The number of hydrogen-bond acceptors (Lipinski definition) is 3. The van der Waals surface area contributed by atoms with E-state index in [4.69, 9.17) is 11.2 Å². The molecule has 0 aliphatic rings. The second-order valence-electron chi connectivity index (χ2n) is 3.66. The Morgan fingerprint density at radius 1 is 1.35 bits per heavy atom. The van der Waals surface area contributed by atoms with Crippen LogP contribution in [0, 0.1) is 12.3 Å². The number of carbonyl (C=O) groups excluding carboxylic acids is 1. The summed E-state index contributed by atoms with van der Waals surface area (Å²) in [6.45, 7) is 1.11. The lowest BCUT2D eigenvalue weighted by molar-refractivity contribution is 0.0482. The number of hydrogen-bond donors (Lipinski definition) is 0. The lowest BCUT2D eigenvalue weighted by Gasteiger charge is -2.09. The van der Waals surface area contributed by atoms with Gasteiger partial charge in [0.25, 0.3) is 0 Å². The highest BCUT2D eigenvalue weighted by atomic mass is 35.5. The van der Waals surface area contributed by atoms with Gasteiger partial charge in [-0.2, -0.15) is 0 Å². The van der Waals surface area contributed by atoms with Gasteiger partial charge >= 0.3 is 5.97 Å². The normalized spacial score (nSPS) is 9.29. The third kappa shape index (κ3) is 5.39. The van der Waals surface area contributed by atoms with Crippen LogP contribution in [0.2, 0.25) is 0 Å². The number of halogens is 1. The molecule has 0 N–H and O–H groups in total. The number of rotatable bonds is 4. The first-order valence-corrected chi connectivity index (χ1v) is 5.02. The van der Waals surface area contributed by atoms with E-state index in [9.17, 15) is 4.79 Å². The van der Waals surface area contributed by atoms with E-state index < -0.39 is 0 Å². The van der Waals surface area contributed by atoms with Crippen molar-refractivity contribution in [2.75, 3.05) is 27.2 Å². The number of ether oxygens (including phenoxy) is 1. The van der Waals surface area contributed by atoms with Crippen molar-refractivity contribution in [2.45, 2.75) is 0 Å². The molecule has 0 heterocycles. The van der Waals surface area contributed by atoms with Crippen molar-refractivity contribution in [3.63, 3.8) is 0 Å². The summed E-state index contributed by atoms with van der Waals surface area (Å²) in [5.41, 5.74) is 1.28. The quantitative estimate of drug-likeness (QED) is 0.606. The van der Waals surface area contributed by atoms with Crippen molar-refractivity contribution in [3.8, 4) is 12.3 Å². The third-order valence-electron chi connectivity index (χ3n) is 2.06. The molecule has 4 heteroatoms. The minimum atomic E-state index is -0.314. The Morgan fingerprint density at radius 3 is 2.41 bits per heavy atom. The van der Waals surface area contributed by atoms with Crippen molar-refractivity contribution >= 4 is 18.4 Å². The molecule has 0 aliphatic heterocycles. The van der Waals surface area contributed by atoms with Crippen LogP contribution in [-0.4, -0.2) is 38.1 Å². The van der Waals surface area contributed by atoms with Crippen molar-refractivity contribution in [3.05, 3.63) is 35.4 Å². The van der Waals surface area contributed by atoms with Gasteiger partial charge in [-0.3, -0.25) is 0 Å². The first kappa shape index (κ1) is 15.5. The fourth-order valence-corrected chi connectivity index (χ4v) is 1.11. The van der Waals surface area contributed by atoms with Gasteiger partial charge in [0.2, 0.25) is 0 Å². The van der Waals surface area contributed by atoms with Gasteiger partial charge in [0.05, 0.1) is 5.56 Å². The summed E-state index contributed by atoms with van der Waals surface area (Å²) in [4.78, 5) is 13.5. The fourth-order valence-electron chi connectivity index (χ4n) is 1.11. The maximum Gasteiger partial charge on any atom is 0.338 e. The predicted octanol–water partition coefficient (Wildman–Crippen LogP) is 1.81. The minimum absolute atomic E-state index is 0. The van der Waals surface area contributed by atoms with E-state index >= 15 is 0 Å². The molecular weight excluding hydrogens is 238 g/mol. The Bertz CT molecular complexity index is 393. The van der Waals surface area contributed by atoms with Gasteiger partial charge in [0.1, 0.15) is 6.61 Å². The van der Waals surface area contributed by atoms with E-state index in [1.54, 1.807) is 24.3 Å². The van der Waals surface area contributed by atoms with Crippen LogP contribution in [0.5, 0.6) is 0 Å². The van der Waals surface area contributed by atoms with Gasteiger partial charge in [-0.25, -0.2) is 4.79 Å². The molecule has 0 saturated carbocycles. The highest BCUT2D eigenvalue weighted by Crippen LogP contribution is 2.04. The molecule has 0 unspecified atom stereocenters. The molecule has 3 nitrogen and oxygen atoms in total. The third-order valence-corrected chi connectivity index (χ3v) is 2.06. The molecular formula is C13H16ClNO2. The van der Waals surface area contributed by atoms with Crippen LogP contribution in [0.15, 0.2) is 24.3 Å². The Hall–Kier alpha value is -1.50. The molecule has 0 saturated heterocycles. The van der Waals surface area contributed by atoms with E-state index in [1.165, 1.54) is 0 Å². The highest BCUT2D eigenvalue weighted by molar-refractivity contribution is 5.89. The summed E-state index contributed by atoms with van der Waals surface area (Å²) in [6.07, 6.45) is 5.22. The maximum absolute atomic E-state index is 11.5. The lowest BCUT2D eigenvalue weighted by atomic mass is 10.1. The standard InChI is InChI=1S/C13H15NO2.ClH/c1-4-11-5-7-12(8-6-11)13(15)16-10-9-14(2)3;/h1,5-8H,9-10H2,2-3H3;1H. The highest BCUT2D eigenvalue weighted by Gasteiger charge is 2.06. The Labute approximate surface area is 108 Å². The minimum Gasteiger partial charge on any atom is -0.461 e. The van der Waals surface area contributed by atoms with Gasteiger partial charge < -0.3 is 9.64 Å². The lowest BCUT2D eigenvalue weighted by Crippen LogP contribution is -2.20. The summed E-state index contributed by atoms with van der Waals surface area (Å²) in [5, 5.41) is 0. The molecule has 0 spiro atoms. The molecule has 0 aromatic heterocycles. The number of benzene rings is 1. The van der Waals surface area contributed by atoms with Crippen LogP contribution in [-0.2, 0) is 4.74 Å². The van der Waals surface area contributed by atoms with Crippen LogP contribution in [0.4, 0.5) is 0 Å². The van der Waals surface area contributed by atoms with Crippen molar-refractivity contribution < 1.29 is 9.53 Å². The zero-order chi connectivity index (χ0) is 12.0.